The van der Waals surface area contributed by atoms with Crippen molar-refractivity contribution in [1.82, 2.24) is 5.32 Å². The molecule has 0 bridgehead atoms. The topological polar surface area (TPSA) is 88.7 Å². The van der Waals surface area contributed by atoms with Gasteiger partial charge in [0.2, 0.25) is 0 Å². The molecule has 0 radical (unpaired) electrons. The highest BCUT2D eigenvalue weighted by molar-refractivity contribution is 5.94. The first kappa shape index (κ1) is 21.3. The standard InChI is InChI=1S/C22H30N4O2/c1-4-5-14-24-21(27)18-8-6-17(7-9-18)15-25-22(23)26-19-10-12-20(13-11-19)28-16(2)3/h6-13,16H,4-5,14-15H2,1-3H3,(H,24,27)(H3,23,25,26). The van der Waals surface area contributed by atoms with Crippen LogP contribution < -0.4 is 21.1 Å². The minimum Gasteiger partial charge on any atom is -0.491 e. The molecule has 0 atom stereocenters. The number of benzene rings is 2. The Hall–Kier alpha value is -3.02. The molecule has 0 spiro atoms. The second kappa shape index (κ2) is 11.0. The van der Waals surface area contributed by atoms with Crippen molar-refractivity contribution in [2.75, 3.05) is 11.9 Å². The Balaban J connectivity index is 1.86. The zero-order valence-corrected chi connectivity index (χ0v) is 16.9. The fourth-order valence-electron chi connectivity index (χ4n) is 2.50. The van der Waals surface area contributed by atoms with Crippen molar-refractivity contribution < 1.29 is 9.53 Å². The molecule has 0 saturated carbocycles. The molecule has 0 heterocycles. The SMILES string of the molecule is CCCCNC(=O)c1ccc(CN=C(N)Nc2ccc(OC(C)C)cc2)cc1. The molecule has 0 aliphatic rings. The van der Waals surface area contributed by atoms with Crippen molar-refractivity contribution in [1.29, 1.82) is 0 Å². The minimum atomic E-state index is -0.0467. The number of anilines is 1. The van der Waals surface area contributed by atoms with E-state index < -0.39 is 0 Å². The molecule has 0 fully saturated rings. The predicted molar refractivity (Wildman–Crippen MR) is 115 cm³/mol. The number of aliphatic imine (C=N–C) groups is 1. The molecule has 4 N–H and O–H groups in total. The van der Waals surface area contributed by atoms with Crippen molar-refractivity contribution in [3.05, 3.63) is 59.7 Å². The first-order valence-electron chi connectivity index (χ1n) is 9.68. The highest BCUT2D eigenvalue weighted by Gasteiger charge is 2.04. The summed E-state index contributed by atoms with van der Waals surface area (Å²) in [6.07, 6.45) is 2.18. The Morgan fingerprint density at radius 3 is 2.39 bits per heavy atom. The molecule has 1 amide bonds. The molecular weight excluding hydrogens is 352 g/mol. The number of hydrogen-bond donors (Lipinski definition) is 3. The van der Waals surface area contributed by atoms with Crippen LogP contribution in [0, 0.1) is 0 Å². The maximum absolute atomic E-state index is 12.0. The highest BCUT2D eigenvalue weighted by Crippen LogP contribution is 2.16. The molecule has 6 heteroatoms. The molecule has 0 unspecified atom stereocenters. The van der Waals surface area contributed by atoms with Gasteiger partial charge in [-0.25, -0.2) is 4.99 Å². The van der Waals surface area contributed by atoms with E-state index >= 15 is 0 Å². The van der Waals surface area contributed by atoms with Gasteiger partial charge < -0.3 is 21.1 Å². The van der Waals surface area contributed by atoms with Crippen molar-refractivity contribution in [3.63, 3.8) is 0 Å². The van der Waals surface area contributed by atoms with Gasteiger partial charge in [0, 0.05) is 17.8 Å². The molecular formula is C22H30N4O2. The third-order valence-electron chi connectivity index (χ3n) is 3.96. The minimum absolute atomic E-state index is 0.0467. The lowest BCUT2D eigenvalue weighted by Crippen LogP contribution is -2.24. The van der Waals surface area contributed by atoms with Gasteiger partial charge in [-0.15, -0.1) is 0 Å². The number of ether oxygens (including phenoxy) is 1. The van der Waals surface area contributed by atoms with E-state index in [-0.39, 0.29) is 12.0 Å². The number of nitrogens with zero attached hydrogens (tertiary/aromatic N) is 1. The van der Waals surface area contributed by atoms with Crippen molar-refractivity contribution in [2.24, 2.45) is 10.7 Å². The number of nitrogens with one attached hydrogen (secondary N) is 2. The van der Waals surface area contributed by atoms with E-state index in [2.05, 4.69) is 22.5 Å². The quantitative estimate of drug-likeness (QED) is 0.348. The molecule has 2 aromatic carbocycles. The summed E-state index contributed by atoms with van der Waals surface area (Å²) in [4.78, 5) is 16.4. The van der Waals surface area contributed by atoms with Gasteiger partial charge in [-0.05, 0) is 62.2 Å². The van der Waals surface area contributed by atoms with Gasteiger partial charge in [0.15, 0.2) is 5.96 Å². The Morgan fingerprint density at radius 2 is 1.79 bits per heavy atom. The number of carbonyl (C=O) groups excluding carboxylic acids is 1. The first-order valence-corrected chi connectivity index (χ1v) is 9.68. The van der Waals surface area contributed by atoms with E-state index in [0.29, 0.717) is 24.6 Å². The number of unbranched alkanes of at least 4 members (excludes halogenated alkanes) is 1. The normalized spacial score (nSPS) is 11.4. The highest BCUT2D eigenvalue weighted by atomic mass is 16.5. The molecule has 150 valence electrons. The first-order chi connectivity index (χ1) is 13.5. The van der Waals surface area contributed by atoms with E-state index in [9.17, 15) is 4.79 Å². The van der Waals surface area contributed by atoms with Gasteiger partial charge in [0.25, 0.3) is 5.91 Å². The summed E-state index contributed by atoms with van der Waals surface area (Å²) in [5.41, 5.74) is 8.44. The number of nitrogens with two attached hydrogens (primary N) is 1. The average Bonchev–Trinajstić information content (AvgIpc) is 2.68. The molecule has 0 aliphatic carbocycles. The third-order valence-corrected chi connectivity index (χ3v) is 3.96. The van der Waals surface area contributed by atoms with Crippen LogP contribution in [0.1, 0.15) is 49.5 Å². The lowest BCUT2D eigenvalue weighted by atomic mass is 10.1. The van der Waals surface area contributed by atoms with Crippen LogP contribution >= 0.6 is 0 Å². The molecule has 28 heavy (non-hydrogen) atoms. The summed E-state index contributed by atoms with van der Waals surface area (Å²) in [6.45, 7) is 7.21. The van der Waals surface area contributed by atoms with Crippen LogP contribution in [0.15, 0.2) is 53.5 Å². The molecule has 0 saturated heterocycles. The third kappa shape index (κ3) is 7.31. The van der Waals surface area contributed by atoms with Crippen LogP contribution in [0.2, 0.25) is 0 Å². The lowest BCUT2D eigenvalue weighted by Gasteiger charge is -2.11. The van der Waals surface area contributed by atoms with E-state index in [1.807, 2.05) is 62.4 Å². The summed E-state index contributed by atoms with van der Waals surface area (Å²) < 4.78 is 5.62. The molecule has 6 nitrogen and oxygen atoms in total. The van der Waals surface area contributed by atoms with E-state index in [1.165, 1.54) is 0 Å². The maximum Gasteiger partial charge on any atom is 0.251 e. The van der Waals surface area contributed by atoms with Crippen molar-refractivity contribution >= 4 is 17.6 Å². The predicted octanol–water partition coefficient (Wildman–Crippen LogP) is 3.93. The second-order valence-electron chi connectivity index (χ2n) is 6.82. The fourth-order valence-corrected chi connectivity index (χ4v) is 2.50. The number of hydrogen-bond acceptors (Lipinski definition) is 3. The molecule has 0 aromatic heterocycles. The molecule has 2 rings (SSSR count). The number of rotatable bonds is 9. The molecule has 2 aromatic rings. The summed E-state index contributed by atoms with van der Waals surface area (Å²) in [6, 6.07) is 15.0. The smallest absolute Gasteiger partial charge is 0.251 e. The Labute approximate surface area is 167 Å². The van der Waals surface area contributed by atoms with Gasteiger partial charge in [0.05, 0.1) is 12.6 Å². The van der Waals surface area contributed by atoms with Crippen LogP contribution in [0.4, 0.5) is 5.69 Å². The number of carbonyl (C=O) groups is 1. The van der Waals surface area contributed by atoms with Gasteiger partial charge in [-0.3, -0.25) is 4.79 Å². The summed E-state index contributed by atoms with van der Waals surface area (Å²) in [7, 11) is 0. The van der Waals surface area contributed by atoms with E-state index in [4.69, 9.17) is 10.5 Å². The summed E-state index contributed by atoms with van der Waals surface area (Å²) in [5.74, 6) is 1.10. The largest absolute Gasteiger partial charge is 0.491 e. The average molecular weight is 383 g/mol. The summed E-state index contributed by atoms with van der Waals surface area (Å²) in [5, 5.41) is 5.96. The maximum atomic E-state index is 12.0. The Bertz CT molecular complexity index is 768. The van der Waals surface area contributed by atoms with Gasteiger partial charge in [0.1, 0.15) is 5.75 Å². The van der Waals surface area contributed by atoms with Crippen LogP contribution in [0.3, 0.4) is 0 Å². The zero-order chi connectivity index (χ0) is 20.4. The lowest BCUT2D eigenvalue weighted by molar-refractivity contribution is 0.0953. The Morgan fingerprint density at radius 1 is 1.11 bits per heavy atom. The fraction of sp³-hybridized carbons (Fsp3) is 0.364. The van der Waals surface area contributed by atoms with Crippen LogP contribution in [-0.4, -0.2) is 24.5 Å². The Kier molecular flexibility index (Phi) is 8.34. The monoisotopic (exact) mass is 382 g/mol. The van der Waals surface area contributed by atoms with Crippen molar-refractivity contribution in [3.8, 4) is 5.75 Å². The van der Waals surface area contributed by atoms with Crippen molar-refractivity contribution in [2.45, 2.75) is 46.3 Å². The summed E-state index contributed by atoms with van der Waals surface area (Å²) >= 11 is 0. The zero-order valence-electron chi connectivity index (χ0n) is 16.9. The van der Waals surface area contributed by atoms with Crippen LogP contribution in [-0.2, 0) is 6.54 Å². The van der Waals surface area contributed by atoms with Crippen LogP contribution in [0.5, 0.6) is 5.75 Å². The second-order valence-corrected chi connectivity index (χ2v) is 6.82. The van der Waals surface area contributed by atoms with E-state index in [1.54, 1.807) is 0 Å². The van der Waals surface area contributed by atoms with E-state index in [0.717, 1.165) is 29.8 Å². The molecule has 0 aliphatic heterocycles. The van der Waals surface area contributed by atoms with Crippen LogP contribution in [0.25, 0.3) is 0 Å². The van der Waals surface area contributed by atoms with Gasteiger partial charge in [-0.1, -0.05) is 25.5 Å². The number of amides is 1. The number of guanidine groups is 1. The van der Waals surface area contributed by atoms with Gasteiger partial charge in [-0.2, -0.15) is 0 Å². The van der Waals surface area contributed by atoms with Gasteiger partial charge >= 0.3 is 0 Å².